The molecule has 5 heteroatoms. The number of nitrogens with two attached hydrogens (primary N) is 2. The monoisotopic (exact) mass is 239 g/mol. The number of aromatic nitrogens is 3. The quantitative estimate of drug-likeness (QED) is 0.628. The van der Waals surface area contributed by atoms with Gasteiger partial charge in [-0.15, -0.1) is 0 Å². The van der Waals surface area contributed by atoms with Gasteiger partial charge in [-0.3, -0.25) is 0 Å². The summed E-state index contributed by atoms with van der Waals surface area (Å²) in [6.45, 7) is 2.29. The Morgan fingerprint density at radius 2 is 1.94 bits per heavy atom. The molecule has 90 valence electrons. The smallest absolute Gasteiger partial charge is 0.165 e. The van der Waals surface area contributed by atoms with Crippen LogP contribution in [0.5, 0.6) is 0 Å². The van der Waals surface area contributed by atoms with Crippen molar-refractivity contribution in [3.8, 4) is 0 Å². The Bertz CT molecular complexity index is 751. The maximum Gasteiger partial charge on any atom is 0.165 e. The number of hydrogen-bond acceptors (Lipinski definition) is 5. The van der Waals surface area contributed by atoms with E-state index in [-0.39, 0.29) is 6.54 Å². The third kappa shape index (κ3) is 1.65. The van der Waals surface area contributed by atoms with E-state index in [4.69, 9.17) is 11.5 Å². The third-order valence-electron chi connectivity index (χ3n) is 2.90. The molecule has 2 heterocycles. The summed E-state index contributed by atoms with van der Waals surface area (Å²) in [5.74, 6) is 0.940. The fourth-order valence-electron chi connectivity index (χ4n) is 1.98. The summed E-state index contributed by atoms with van der Waals surface area (Å²) in [6, 6.07) is 8.05. The van der Waals surface area contributed by atoms with E-state index < -0.39 is 0 Å². The number of hydrogen-bond donors (Lipinski definition) is 2. The number of anilines is 1. The van der Waals surface area contributed by atoms with E-state index in [1.54, 1.807) is 0 Å². The van der Waals surface area contributed by atoms with Gasteiger partial charge in [-0.1, -0.05) is 12.1 Å². The predicted octanol–water partition coefficient (Wildman–Crippen LogP) is 1.53. The number of fused-ring (bicyclic) bond motifs is 2. The molecule has 0 unspecified atom stereocenters. The van der Waals surface area contributed by atoms with Crippen LogP contribution in [-0.2, 0) is 6.54 Å². The molecule has 1 aromatic carbocycles. The van der Waals surface area contributed by atoms with Crippen molar-refractivity contribution < 1.29 is 0 Å². The van der Waals surface area contributed by atoms with Gasteiger partial charge in [-0.2, -0.15) is 0 Å². The summed E-state index contributed by atoms with van der Waals surface area (Å²) in [5.41, 5.74) is 14.1. The van der Waals surface area contributed by atoms with Gasteiger partial charge in [0, 0.05) is 5.39 Å². The number of benzene rings is 1. The molecule has 0 spiro atoms. The van der Waals surface area contributed by atoms with Gasteiger partial charge in [0.25, 0.3) is 0 Å². The standard InChI is InChI=1S/C13H13N5/c1-7-2-3-8-5-9-12(15)17-11(6-14)18-13(9)16-10(8)4-7/h2-5H,6,14H2,1H3,(H2,15,16,17,18). The van der Waals surface area contributed by atoms with E-state index in [1.807, 2.05) is 31.2 Å². The van der Waals surface area contributed by atoms with E-state index in [1.165, 1.54) is 0 Å². The number of rotatable bonds is 1. The van der Waals surface area contributed by atoms with Crippen molar-refractivity contribution in [1.82, 2.24) is 15.0 Å². The van der Waals surface area contributed by atoms with Gasteiger partial charge in [0.15, 0.2) is 5.65 Å². The lowest BCUT2D eigenvalue weighted by Crippen LogP contribution is -2.06. The number of nitrogens with zero attached hydrogens (tertiary/aromatic N) is 3. The number of nitrogen functional groups attached to an aromatic ring is 1. The molecule has 0 atom stereocenters. The first-order valence-corrected chi connectivity index (χ1v) is 5.71. The molecule has 0 amide bonds. The molecule has 0 saturated carbocycles. The molecule has 0 fully saturated rings. The molecule has 4 N–H and O–H groups in total. The summed E-state index contributed by atoms with van der Waals surface area (Å²) in [4.78, 5) is 13.0. The second-order valence-electron chi connectivity index (χ2n) is 4.28. The molecule has 0 saturated heterocycles. The van der Waals surface area contributed by atoms with Crippen LogP contribution in [0.2, 0.25) is 0 Å². The van der Waals surface area contributed by atoms with Gasteiger partial charge in [0.2, 0.25) is 0 Å². The average Bonchev–Trinajstić information content (AvgIpc) is 2.36. The Morgan fingerprint density at radius 3 is 2.72 bits per heavy atom. The SMILES string of the molecule is Cc1ccc2cc3c(N)nc(CN)nc3nc2c1. The molecular formula is C13H13N5. The average molecular weight is 239 g/mol. The lowest BCUT2D eigenvalue weighted by molar-refractivity contribution is 0.926. The largest absolute Gasteiger partial charge is 0.383 e. The third-order valence-corrected chi connectivity index (χ3v) is 2.90. The highest BCUT2D eigenvalue weighted by molar-refractivity contribution is 5.95. The van der Waals surface area contributed by atoms with Gasteiger partial charge in [-0.05, 0) is 24.6 Å². The minimum Gasteiger partial charge on any atom is -0.383 e. The zero-order valence-corrected chi connectivity index (χ0v) is 10.0. The zero-order valence-electron chi connectivity index (χ0n) is 10.0. The maximum absolute atomic E-state index is 5.91. The lowest BCUT2D eigenvalue weighted by atomic mass is 10.1. The van der Waals surface area contributed by atoms with E-state index >= 15 is 0 Å². The van der Waals surface area contributed by atoms with Crippen LogP contribution in [0.15, 0.2) is 24.3 Å². The Kier molecular flexibility index (Phi) is 2.34. The Balaban J connectivity index is 2.41. The molecule has 0 radical (unpaired) electrons. The molecule has 0 bridgehead atoms. The Labute approximate surface area is 104 Å². The first-order valence-electron chi connectivity index (χ1n) is 5.71. The van der Waals surface area contributed by atoms with Crippen molar-refractivity contribution in [3.63, 3.8) is 0 Å². The highest BCUT2D eigenvalue weighted by Gasteiger charge is 2.07. The Morgan fingerprint density at radius 1 is 1.11 bits per heavy atom. The molecule has 2 aromatic heterocycles. The molecular weight excluding hydrogens is 226 g/mol. The van der Waals surface area contributed by atoms with E-state index in [2.05, 4.69) is 15.0 Å². The van der Waals surface area contributed by atoms with Crippen LogP contribution in [0.4, 0.5) is 5.82 Å². The van der Waals surface area contributed by atoms with Gasteiger partial charge >= 0.3 is 0 Å². The second kappa shape index (κ2) is 3.89. The van der Waals surface area contributed by atoms with Crippen molar-refractivity contribution in [2.75, 3.05) is 5.73 Å². The zero-order chi connectivity index (χ0) is 12.7. The molecule has 0 aliphatic heterocycles. The molecule has 0 aliphatic rings. The van der Waals surface area contributed by atoms with Crippen molar-refractivity contribution >= 4 is 27.8 Å². The lowest BCUT2D eigenvalue weighted by Gasteiger charge is -2.05. The van der Waals surface area contributed by atoms with Crippen LogP contribution >= 0.6 is 0 Å². The molecule has 5 nitrogen and oxygen atoms in total. The maximum atomic E-state index is 5.91. The van der Waals surface area contributed by atoms with Crippen LogP contribution in [0, 0.1) is 6.92 Å². The fourth-order valence-corrected chi connectivity index (χ4v) is 1.98. The van der Waals surface area contributed by atoms with Crippen LogP contribution in [0.1, 0.15) is 11.4 Å². The number of aryl methyl sites for hydroxylation is 1. The number of pyridine rings is 1. The van der Waals surface area contributed by atoms with E-state index in [0.29, 0.717) is 17.3 Å². The second-order valence-corrected chi connectivity index (χ2v) is 4.28. The van der Waals surface area contributed by atoms with E-state index in [0.717, 1.165) is 21.9 Å². The van der Waals surface area contributed by atoms with Crippen molar-refractivity contribution in [2.45, 2.75) is 13.5 Å². The van der Waals surface area contributed by atoms with Gasteiger partial charge < -0.3 is 11.5 Å². The van der Waals surface area contributed by atoms with Crippen molar-refractivity contribution in [1.29, 1.82) is 0 Å². The van der Waals surface area contributed by atoms with Crippen LogP contribution in [0.3, 0.4) is 0 Å². The first-order chi connectivity index (χ1) is 8.67. The van der Waals surface area contributed by atoms with E-state index in [9.17, 15) is 0 Å². The summed E-state index contributed by atoms with van der Waals surface area (Å²) < 4.78 is 0. The fraction of sp³-hybridized carbons (Fsp3) is 0.154. The first kappa shape index (κ1) is 10.9. The minimum atomic E-state index is 0.258. The highest BCUT2D eigenvalue weighted by Crippen LogP contribution is 2.22. The van der Waals surface area contributed by atoms with Crippen LogP contribution in [-0.4, -0.2) is 15.0 Å². The molecule has 3 aromatic rings. The van der Waals surface area contributed by atoms with Gasteiger partial charge in [0.1, 0.15) is 11.6 Å². The summed E-state index contributed by atoms with van der Waals surface area (Å²) in [5, 5.41) is 1.80. The Hall–Kier alpha value is -2.27. The van der Waals surface area contributed by atoms with Gasteiger partial charge in [0.05, 0.1) is 17.4 Å². The summed E-state index contributed by atoms with van der Waals surface area (Å²) in [6.07, 6.45) is 0. The van der Waals surface area contributed by atoms with Crippen LogP contribution in [0.25, 0.3) is 21.9 Å². The molecule has 18 heavy (non-hydrogen) atoms. The van der Waals surface area contributed by atoms with Crippen molar-refractivity contribution in [2.24, 2.45) is 5.73 Å². The predicted molar refractivity (Wildman–Crippen MR) is 71.9 cm³/mol. The van der Waals surface area contributed by atoms with Gasteiger partial charge in [-0.25, -0.2) is 15.0 Å². The summed E-state index contributed by atoms with van der Waals surface area (Å²) in [7, 11) is 0. The summed E-state index contributed by atoms with van der Waals surface area (Å²) >= 11 is 0. The van der Waals surface area contributed by atoms with Crippen LogP contribution < -0.4 is 11.5 Å². The van der Waals surface area contributed by atoms with Crippen molar-refractivity contribution in [3.05, 3.63) is 35.7 Å². The normalized spacial score (nSPS) is 11.2. The highest BCUT2D eigenvalue weighted by atomic mass is 15.0. The molecule has 0 aliphatic carbocycles. The topological polar surface area (TPSA) is 90.7 Å². The minimum absolute atomic E-state index is 0.258. The molecule has 3 rings (SSSR count).